The van der Waals surface area contributed by atoms with Gasteiger partial charge in [-0.1, -0.05) is 23.4 Å². The normalized spacial score (nSPS) is 17.2. The van der Waals surface area contributed by atoms with Gasteiger partial charge in [-0.2, -0.15) is 17.9 Å². The maximum atomic E-state index is 13.4. The fourth-order valence-corrected chi connectivity index (χ4v) is 3.89. The highest BCUT2D eigenvalue weighted by molar-refractivity contribution is 7.98. The van der Waals surface area contributed by atoms with E-state index >= 15 is 0 Å². The van der Waals surface area contributed by atoms with Crippen molar-refractivity contribution in [2.24, 2.45) is 0 Å². The molecule has 1 atom stereocenters. The second-order valence-electron chi connectivity index (χ2n) is 6.23. The van der Waals surface area contributed by atoms with Crippen LogP contribution in [0.5, 0.6) is 0 Å². The van der Waals surface area contributed by atoms with Crippen LogP contribution in [0.3, 0.4) is 0 Å². The van der Waals surface area contributed by atoms with E-state index in [2.05, 4.69) is 31.1 Å². The van der Waals surface area contributed by atoms with Crippen LogP contribution in [0.4, 0.5) is 13.2 Å². The molecule has 1 aromatic carbocycles. The molecule has 9 nitrogen and oxygen atoms in total. The van der Waals surface area contributed by atoms with E-state index in [9.17, 15) is 13.2 Å². The highest BCUT2D eigenvalue weighted by atomic mass is 35.5. The van der Waals surface area contributed by atoms with E-state index in [-0.39, 0.29) is 28.4 Å². The van der Waals surface area contributed by atoms with Crippen molar-refractivity contribution in [2.75, 3.05) is 6.61 Å². The van der Waals surface area contributed by atoms with Gasteiger partial charge in [0.2, 0.25) is 5.16 Å². The van der Waals surface area contributed by atoms with E-state index in [1.54, 1.807) is 4.68 Å². The lowest BCUT2D eigenvalue weighted by molar-refractivity contribution is -0.137. The summed E-state index contributed by atoms with van der Waals surface area (Å²) in [7, 11) is 0. The zero-order valence-corrected chi connectivity index (χ0v) is 16.3. The summed E-state index contributed by atoms with van der Waals surface area (Å²) in [6.07, 6.45) is -2.64. The van der Waals surface area contributed by atoms with Crippen LogP contribution in [-0.2, 0) is 23.2 Å². The van der Waals surface area contributed by atoms with E-state index < -0.39 is 11.7 Å². The second kappa shape index (κ2) is 8.24. The number of ether oxygens (including phenoxy) is 1. The lowest BCUT2D eigenvalue weighted by Gasteiger charge is -2.14. The van der Waals surface area contributed by atoms with Gasteiger partial charge in [0.1, 0.15) is 0 Å². The monoisotopic (exact) mass is 446 g/mol. The summed E-state index contributed by atoms with van der Waals surface area (Å²) in [4.78, 5) is 0. The molecule has 2 aromatic heterocycles. The number of aromatic nitrogens is 8. The molecule has 0 amide bonds. The van der Waals surface area contributed by atoms with Crippen LogP contribution >= 0.6 is 23.4 Å². The number of hydrogen-bond acceptors (Lipinski definition) is 8. The summed E-state index contributed by atoms with van der Waals surface area (Å²) in [6, 6.07) is 3.43. The standard InChI is InChI=1S/C15H14ClF3N8OS/c16-9-3-4-12(11(6-9)15(17,18)19)27-13(20-22-25-27)8-29-14-21-23-24-26(14)7-10-2-1-5-28-10/h3-4,6,10H,1-2,5,7-8H2. The first kappa shape index (κ1) is 20.0. The number of halogens is 4. The highest BCUT2D eigenvalue weighted by Crippen LogP contribution is 2.36. The van der Waals surface area contributed by atoms with E-state index in [0.717, 1.165) is 23.6 Å². The maximum absolute atomic E-state index is 13.4. The first-order chi connectivity index (χ1) is 13.9. The van der Waals surface area contributed by atoms with Crippen molar-refractivity contribution in [3.05, 3.63) is 34.6 Å². The van der Waals surface area contributed by atoms with E-state index in [1.807, 2.05) is 0 Å². The molecule has 0 bridgehead atoms. The first-order valence-electron chi connectivity index (χ1n) is 8.57. The Morgan fingerprint density at radius 1 is 1.21 bits per heavy atom. The summed E-state index contributed by atoms with van der Waals surface area (Å²) in [5, 5.41) is 23.1. The van der Waals surface area contributed by atoms with Crippen molar-refractivity contribution in [2.45, 2.75) is 42.6 Å². The largest absolute Gasteiger partial charge is 0.418 e. The van der Waals surface area contributed by atoms with E-state index in [1.165, 1.54) is 23.9 Å². The third-order valence-electron chi connectivity index (χ3n) is 4.26. The highest BCUT2D eigenvalue weighted by Gasteiger charge is 2.35. The molecule has 1 saturated heterocycles. The Kier molecular flexibility index (Phi) is 5.69. The van der Waals surface area contributed by atoms with Gasteiger partial charge in [0, 0.05) is 11.6 Å². The molecule has 14 heteroatoms. The van der Waals surface area contributed by atoms with Crippen LogP contribution in [0, 0.1) is 0 Å². The first-order valence-corrected chi connectivity index (χ1v) is 9.93. The fraction of sp³-hybridized carbons (Fsp3) is 0.467. The van der Waals surface area contributed by atoms with Crippen LogP contribution in [-0.4, -0.2) is 53.1 Å². The van der Waals surface area contributed by atoms with Crippen molar-refractivity contribution in [3.63, 3.8) is 0 Å². The predicted molar refractivity (Wildman–Crippen MR) is 95.5 cm³/mol. The Morgan fingerprint density at radius 2 is 2.03 bits per heavy atom. The average Bonchev–Trinajstić information content (AvgIpc) is 3.42. The van der Waals surface area contributed by atoms with Gasteiger partial charge < -0.3 is 4.74 Å². The molecular weight excluding hydrogens is 433 g/mol. The summed E-state index contributed by atoms with van der Waals surface area (Å²) in [5.41, 5.74) is -1.13. The fourth-order valence-electron chi connectivity index (χ4n) is 2.93. The van der Waals surface area contributed by atoms with Gasteiger partial charge in [0.25, 0.3) is 0 Å². The molecule has 0 aliphatic carbocycles. The molecule has 0 saturated carbocycles. The Hall–Kier alpha value is -2.25. The third-order valence-corrected chi connectivity index (χ3v) is 5.44. The Bertz CT molecular complexity index is 988. The minimum atomic E-state index is -4.61. The number of tetrazole rings is 2. The van der Waals surface area contributed by atoms with Crippen LogP contribution in [0.1, 0.15) is 24.2 Å². The van der Waals surface area contributed by atoms with Crippen LogP contribution < -0.4 is 0 Å². The Balaban J connectivity index is 1.54. The summed E-state index contributed by atoms with van der Waals surface area (Å²) < 4.78 is 48.5. The topological polar surface area (TPSA) is 96.4 Å². The minimum absolute atomic E-state index is 0.0293. The van der Waals surface area contributed by atoms with Crippen molar-refractivity contribution in [3.8, 4) is 5.69 Å². The van der Waals surface area contributed by atoms with Gasteiger partial charge in [-0.15, -0.1) is 10.2 Å². The zero-order valence-electron chi connectivity index (χ0n) is 14.8. The number of hydrogen-bond donors (Lipinski definition) is 0. The molecule has 1 aliphatic rings. The molecule has 1 unspecified atom stereocenters. The lowest BCUT2D eigenvalue weighted by Crippen LogP contribution is -2.17. The van der Waals surface area contributed by atoms with Crippen molar-refractivity contribution >= 4 is 23.4 Å². The predicted octanol–water partition coefficient (Wildman–Crippen LogP) is 2.79. The number of benzene rings is 1. The SMILES string of the molecule is FC(F)(F)c1cc(Cl)ccc1-n1nnnc1CSc1nnnn1CC1CCCO1. The average molecular weight is 447 g/mol. The second-order valence-corrected chi connectivity index (χ2v) is 7.61. The van der Waals surface area contributed by atoms with E-state index in [0.29, 0.717) is 18.3 Å². The van der Waals surface area contributed by atoms with Crippen molar-refractivity contribution in [1.82, 2.24) is 40.4 Å². The van der Waals surface area contributed by atoms with Gasteiger partial charge in [0.05, 0.1) is 29.7 Å². The molecule has 3 heterocycles. The van der Waals surface area contributed by atoms with Crippen molar-refractivity contribution in [1.29, 1.82) is 0 Å². The molecular formula is C15H14ClF3N8OS. The molecule has 1 fully saturated rings. The Morgan fingerprint density at radius 3 is 2.79 bits per heavy atom. The number of nitrogens with zero attached hydrogens (tertiary/aromatic N) is 8. The zero-order chi connectivity index (χ0) is 20.4. The summed E-state index contributed by atoms with van der Waals surface area (Å²) >= 11 is 6.96. The lowest BCUT2D eigenvalue weighted by atomic mass is 10.1. The molecule has 154 valence electrons. The number of alkyl halides is 3. The minimum Gasteiger partial charge on any atom is -0.376 e. The quantitative estimate of drug-likeness (QED) is 0.533. The van der Waals surface area contributed by atoms with Crippen LogP contribution in [0.2, 0.25) is 5.02 Å². The smallest absolute Gasteiger partial charge is 0.376 e. The number of thioether (sulfide) groups is 1. The van der Waals surface area contributed by atoms with Gasteiger partial charge in [-0.25, -0.2) is 4.68 Å². The molecule has 0 spiro atoms. The van der Waals surface area contributed by atoms with Gasteiger partial charge in [-0.3, -0.25) is 0 Å². The molecule has 29 heavy (non-hydrogen) atoms. The summed E-state index contributed by atoms with van der Waals surface area (Å²) in [5.74, 6) is 0.383. The molecule has 0 radical (unpaired) electrons. The van der Waals surface area contributed by atoms with Crippen LogP contribution in [0.25, 0.3) is 5.69 Å². The van der Waals surface area contributed by atoms with Gasteiger partial charge >= 0.3 is 6.18 Å². The molecule has 4 rings (SSSR count). The van der Waals surface area contributed by atoms with E-state index in [4.69, 9.17) is 16.3 Å². The molecule has 1 aliphatic heterocycles. The number of rotatable bonds is 6. The maximum Gasteiger partial charge on any atom is 0.418 e. The van der Waals surface area contributed by atoms with Gasteiger partial charge in [0.15, 0.2) is 5.82 Å². The third kappa shape index (κ3) is 4.51. The van der Waals surface area contributed by atoms with Crippen molar-refractivity contribution < 1.29 is 17.9 Å². The van der Waals surface area contributed by atoms with Crippen LogP contribution in [0.15, 0.2) is 23.4 Å². The Labute approximate surface area is 171 Å². The van der Waals surface area contributed by atoms with Gasteiger partial charge in [-0.05, 0) is 51.9 Å². The molecule has 3 aromatic rings. The molecule has 0 N–H and O–H groups in total. The summed E-state index contributed by atoms with van der Waals surface area (Å²) in [6.45, 7) is 1.22.